The van der Waals surface area contributed by atoms with Gasteiger partial charge in [-0.1, -0.05) is 12.1 Å². The van der Waals surface area contributed by atoms with E-state index in [1.54, 1.807) is 6.20 Å². The van der Waals surface area contributed by atoms with Crippen molar-refractivity contribution in [2.24, 2.45) is 0 Å². The highest BCUT2D eigenvalue weighted by Crippen LogP contribution is 2.19. The van der Waals surface area contributed by atoms with Gasteiger partial charge in [-0.3, -0.25) is 4.68 Å². The minimum Gasteiger partial charge on any atom is -0.396 e. The first-order valence-corrected chi connectivity index (χ1v) is 6.06. The van der Waals surface area contributed by atoms with Gasteiger partial charge in [0, 0.05) is 29.8 Å². The van der Waals surface area contributed by atoms with Crippen LogP contribution in [-0.4, -0.2) is 14.3 Å². The van der Waals surface area contributed by atoms with Gasteiger partial charge < -0.3 is 10.3 Å². The zero-order chi connectivity index (χ0) is 12.5. The summed E-state index contributed by atoms with van der Waals surface area (Å²) in [6.45, 7) is 3.86. The molecule has 2 aromatic heterocycles. The maximum Gasteiger partial charge on any atom is 0.0719 e. The van der Waals surface area contributed by atoms with Crippen molar-refractivity contribution in [2.75, 3.05) is 5.73 Å². The zero-order valence-corrected chi connectivity index (χ0v) is 10.4. The number of fused-ring (bicyclic) bond motifs is 1. The lowest BCUT2D eigenvalue weighted by molar-refractivity contribution is 0.543. The van der Waals surface area contributed by atoms with E-state index in [0.29, 0.717) is 5.69 Å². The van der Waals surface area contributed by atoms with E-state index in [1.807, 2.05) is 10.9 Å². The Morgan fingerprint density at radius 1 is 1.22 bits per heavy atom. The Hall–Kier alpha value is -2.23. The Morgan fingerprint density at radius 3 is 2.89 bits per heavy atom. The first-order valence-electron chi connectivity index (χ1n) is 6.06. The number of nitrogen functional groups attached to an aromatic ring is 1. The second-order valence-corrected chi connectivity index (χ2v) is 4.55. The topological polar surface area (TPSA) is 48.8 Å². The summed E-state index contributed by atoms with van der Waals surface area (Å²) < 4.78 is 4.12. The summed E-state index contributed by atoms with van der Waals surface area (Å²) in [4.78, 5) is 0. The molecule has 2 heterocycles. The first kappa shape index (κ1) is 10.9. The molecule has 3 rings (SSSR count). The Bertz CT molecular complexity index is 678. The van der Waals surface area contributed by atoms with Gasteiger partial charge in [-0.05, 0) is 24.6 Å². The molecule has 0 unspecified atom stereocenters. The van der Waals surface area contributed by atoms with E-state index in [1.165, 1.54) is 16.5 Å². The van der Waals surface area contributed by atoms with Crippen molar-refractivity contribution in [1.82, 2.24) is 14.3 Å². The number of anilines is 1. The van der Waals surface area contributed by atoms with Crippen molar-refractivity contribution < 1.29 is 0 Å². The van der Waals surface area contributed by atoms with Crippen LogP contribution >= 0.6 is 0 Å². The van der Waals surface area contributed by atoms with Crippen LogP contribution in [0.1, 0.15) is 5.56 Å². The molecule has 2 N–H and O–H groups in total. The molecule has 4 nitrogen and oxygen atoms in total. The van der Waals surface area contributed by atoms with Gasteiger partial charge in [-0.2, -0.15) is 5.10 Å². The lowest BCUT2D eigenvalue weighted by Crippen LogP contribution is -2.06. The Labute approximate surface area is 106 Å². The fourth-order valence-electron chi connectivity index (χ4n) is 2.28. The van der Waals surface area contributed by atoms with Crippen LogP contribution in [0, 0.1) is 6.92 Å². The number of hydrogen-bond donors (Lipinski definition) is 1. The van der Waals surface area contributed by atoms with E-state index < -0.39 is 0 Å². The zero-order valence-electron chi connectivity index (χ0n) is 10.4. The van der Waals surface area contributed by atoms with Crippen molar-refractivity contribution >= 4 is 16.6 Å². The molecule has 0 saturated heterocycles. The Morgan fingerprint density at radius 2 is 2.11 bits per heavy atom. The van der Waals surface area contributed by atoms with E-state index >= 15 is 0 Å². The van der Waals surface area contributed by atoms with Crippen LogP contribution in [0.15, 0.2) is 42.9 Å². The van der Waals surface area contributed by atoms with Crippen LogP contribution in [0.4, 0.5) is 5.69 Å². The van der Waals surface area contributed by atoms with Crippen LogP contribution in [0.2, 0.25) is 0 Å². The molecule has 18 heavy (non-hydrogen) atoms. The molecule has 0 fully saturated rings. The number of rotatable bonds is 3. The number of nitrogens with two attached hydrogens (primary N) is 1. The van der Waals surface area contributed by atoms with Crippen LogP contribution < -0.4 is 5.73 Å². The van der Waals surface area contributed by atoms with E-state index in [0.717, 1.165) is 13.1 Å². The predicted molar refractivity (Wildman–Crippen MR) is 73.3 cm³/mol. The predicted octanol–water partition coefficient (Wildman–Crippen LogP) is 2.43. The molecule has 0 atom stereocenters. The molecular formula is C14H16N4. The minimum atomic E-state index is 0.711. The van der Waals surface area contributed by atoms with Crippen molar-refractivity contribution in [3.8, 4) is 0 Å². The van der Waals surface area contributed by atoms with Crippen LogP contribution in [-0.2, 0) is 13.1 Å². The minimum absolute atomic E-state index is 0.711. The van der Waals surface area contributed by atoms with Gasteiger partial charge in [0.25, 0.3) is 0 Å². The molecule has 0 aliphatic rings. The third-order valence-corrected chi connectivity index (χ3v) is 3.25. The summed E-state index contributed by atoms with van der Waals surface area (Å²) in [5.41, 5.74) is 8.95. The average Bonchev–Trinajstić information content (AvgIpc) is 2.94. The van der Waals surface area contributed by atoms with Crippen molar-refractivity contribution in [1.29, 1.82) is 0 Å². The molecule has 92 valence electrons. The second kappa shape index (κ2) is 4.22. The highest BCUT2D eigenvalue weighted by Gasteiger charge is 2.03. The number of nitrogens with zero attached hydrogens (tertiary/aromatic N) is 3. The number of benzene rings is 1. The molecule has 0 aliphatic heterocycles. The summed E-state index contributed by atoms with van der Waals surface area (Å²) in [5, 5.41) is 5.51. The molecule has 0 radical (unpaired) electrons. The molecule has 0 aliphatic carbocycles. The monoisotopic (exact) mass is 240 g/mol. The number of aryl methyl sites for hydroxylation is 3. The van der Waals surface area contributed by atoms with E-state index in [9.17, 15) is 0 Å². The molecule has 1 aromatic carbocycles. The lowest BCUT2D eigenvalue weighted by Gasteiger charge is -2.06. The van der Waals surface area contributed by atoms with Gasteiger partial charge in [0.1, 0.15) is 0 Å². The summed E-state index contributed by atoms with van der Waals surface area (Å²) in [5.74, 6) is 0. The Kier molecular flexibility index (Phi) is 2.55. The lowest BCUT2D eigenvalue weighted by atomic mass is 10.1. The summed E-state index contributed by atoms with van der Waals surface area (Å²) in [6.07, 6.45) is 5.67. The fraction of sp³-hybridized carbons (Fsp3) is 0.214. The van der Waals surface area contributed by atoms with Gasteiger partial charge in [0.15, 0.2) is 0 Å². The highest BCUT2D eigenvalue weighted by molar-refractivity contribution is 5.83. The maximum absolute atomic E-state index is 5.65. The fourth-order valence-corrected chi connectivity index (χ4v) is 2.28. The molecule has 0 bridgehead atoms. The molecule has 0 spiro atoms. The van der Waals surface area contributed by atoms with Gasteiger partial charge in [0.2, 0.25) is 0 Å². The largest absolute Gasteiger partial charge is 0.396 e. The SMILES string of the molecule is Cc1cccc2c1ccn2CCn1cc(N)cn1. The van der Waals surface area contributed by atoms with Crippen molar-refractivity contribution in [3.63, 3.8) is 0 Å². The van der Waals surface area contributed by atoms with Gasteiger partial charge in [-0.25, -0.2) is 0 Å². The van der Waals surface area contributed by atoms with Crippen molar-refractivity contribution in [3.05, 3.63) is 48.4 Å². The Balaban J connectivity index is 1.85. The summed E-state index contributed by atoms with van der Waals surface area (Å²) in [6, 6.07) is 8.56. The van der Waals surface area contributed by atoms with Gasteiger partial charge in [-0.15, -0.1) is 0 Å². The third kappa shape index (κ3) is 1.86. The average molecular weight is 240 g/mol. The molecular weight excluding hydrogens is 224 g/mol. The highest BCUT2D eigenvalue weighted by atomic mass is 15.3. The maximum atomic E-state index is 5.65. The molecule has 4 heteroatoms. The second-order valence-electron chi connectivity index (χ2n) is 4.55. The summed E-state index contributed by atoms with van der Waals surface area (Å²) >= 11 is 0. The van der Waals surface area contributed by atoms with E-state index in [2.05, 4.69) is 47.1 Å². The third-order valence-electron chi connectivity index (χ3n) is 3.25. The molecule has 0 saturated carbocycles. The van der Waals surface area contributed by atoms with Crippen LogP contribution in [0.25, 0.3) is 10.9 Å². The van der Waals surface area contributed by atoms with Crippen molar-refractivity contribution in [2.45, 2.75) is 20.0 Å². The molecule has 0 amide bonds. The standard InChI is InChI=1S/C14H16N4/c1-11-3-2-4-14-13(11)5-6-17(14)7-8-18-10-12(15)9-16-18/h2-6,9-10H,7-8,15H2,1H3. The van der Waals surface area contributed by atoms with E-state index in [4.69, 9.17) is 5.73 Å². The molecule has 3 aromatic rings. The quantitative estimate of drug-likeness (QED) is 0.764. The van der Waals surface area contributed by atoms with Crippen LogP contribution in [0.5, 0.6) is 0 Å². The van der Waals surface area contributed by atoms with Gasteiger partial charge in [0.05, 0.1) is 18.4 Å². The van der Waals surface area contributed by atoms with Crippen LogP contribution in [0.3, 0.4) is 0 Å². The summed E-state index contributed by atoms with van der Waals surface area (Å²) in [7, 11) is 0. The number of hydrogen-bond acceptors (Lipinski definition) is 2. The van der Waals surface area contributed by atoms with E-state index in [-0.39, 0.29) is 0 Å². The first-order chi connectivity index (χ1) is 8.74. The van der Waals surface area contributed by atoms with Gasteiger partial charge >= 0.3 is 0 Å². The number of aromatic nitrogens is 3. The normalized spacial score (nSPS) is 11.2. The smallest absolute Gasteiger partial charge is 0.0719 e.